The van der Waals surface area contributed by atoms with Gasteiger partial charge < -0.3 is 15.0 Å². The Morgan fingerprint density at radius 2 is 1.38 bits per heavy atom. The average molecular weight is 681 g/mol. The highest BCUT2D eigenvalue weighted by molar-refractivity contribution is 5.90. The molecule has 252 valence electrons. The van der Waals surface area contributed by atoms with Gasteiger partial charge >= 0.3 is 0 Å². The van der Waals surface area contributed by atoms with E-state index in [-0.39, 0.29) is 6.17 Å². The van der Waals surface area contributed by atoms with Crippen molar-refractivity contribution in [3.8, 4) is 33.8 Å². The largest absolute Gasteiger partial charge is 0.457 e. The van der Waals surface area contributed by atoms with E-state index in [0.717, 1.165) is 30.8 Å². The lowest BCUT2D eigenvalue weighted by Gasteiger charge is -2.39. The van der Waals surface area contributed by atoms with Crippen molar-refractivity contribution in [3.63, 3.8) is 0 Å². The van der Waals surface area contributed by atoms with Gasteiger partial charge in [-0.25, -0.2) is 0 Å². The summed E-state index contributed by atoms with van der Waals surface area (Å²) >= 11 is 0. The Bertz CT molecular complexity index is 2650. The van der Waals surface area contributed by atoms with Crippen molar-refractivity contribution in [2.24, 2.45) is 0 Å². The molecule has 3 aliphatic carbocycles. The maximum atomic E-state index is 6.69. The maximum absolute atomic E-state index is 6.69. The van der Waals surface area contributed by atoms with E-state index in [1.807, 2.05) is 0 Å². The van der Waals surface area contributed by atoms with Crippen molar-refractivity contribution in [1.82, 2.24) is 5.32 Å². The van der Waals surface area contributed by atoms with Crippen molar-refractivity contribution < 1.29 is 4.74 Å². The van der Waals surface area contributed by atoms with Crippen LogP contribution in [0.1, 0.15) is 70.3 Å². The van der Waals surface area contributed by atoms with E-state index in [4.69, 9.17) is 4.74 Å². The van der Waals surface area contributed by atoms with Crippen molar-refractivity contribution >= 4 is 11.3 Å². The number of anilines is 1. The third-order valence-corrected chi connectivity index (χ3v) is 12.5. The normalized spacial score (nSPS) is 20.2. The minimum absolute atomic E-state index is 0.136. The van der Waals surface area contributed by atoms with E-state index in [0.29, 0.717) is 5.92 Å². The van der Waals surface area contributed by atoms with Crippen LogP contribution >= 0.6 is 0 Å². The third-order valence-electron chi connectivity index (χ3n) is 12.5. The number of rotatable bonds is 2. The highest BCUT2D eigenvalue weighted by atomic mass is 16.5. The summed E-state index contributed by atoms with van der Waals surface area (Å²) in [5, 5.41) is 3.86. The lowest BCUT2D eigenvalue weighted by atomic mass is 9.65. The molecule has 6 aromatic rings. The Balaban J connectivity index is 0.931. The van der Waals surface area contributed by atoms with Crippen LogP contribution < -0.4 is 15.0 Å². The summed E-state index contributed by atoms with van der Waals surface area (Å²) in [6, 6.07) is 49.4. The Morgan fingerprint density at radius 1 is 0.642 bits per heavy atom. The molecule has 3 aliphatic heterocycles. The van der Waals surface area contributed by atoms with Crippen molar-refractivity contribution in [1.29, 1.82) is 0 Å². The van der Waals surface area contributed by atoms with Crippen LogP contribution in [0.25, 0.3) is 27.8 Å². The summed E-state index contributed by atoms with van der Waals surface area (Å²) in [5.41, 5.74) is 19.0. The van der Waals surface area contributed by atoms with Gasteiger partial charge in [-0.15, -0.1) is 0 Å². The lowest BCUT2D eigenvalue weighted by molar-refractivity contribution is 0.436. The quantitative estimate of drug-likeness (QED) is 0.197. The van der Waals surface area contributed by atoms with Crippen LogP contribution in [0.5, 0.6) is 11.5 Å². The van der Waals surface area contributed by atoms with Gasteiger partial charge in [-0.2, -0.15) is 0 Å². The van der Waals surface area contributed by atoms with E-state index in [2.05, 4.69) is 174 Å². The van der Waals surface area contributed by atoms with Crippen LogP contribution in [-0.2, 0) is 5.41 Å². The fraction of sp³-hybridized carbons (Fsp3) is 0.120. The summed E-state index contributed by atoms with van der Waals surface area (Å²) in [5.74, 6) is 2.16. The second-order valence-corrected chi connectivity index (χ2v) is 15.1. The fourth-order valence-corrected chi connectivity index (χ4v) is 10.2. The minimum Gasteiger partial charge on any atom is -0.457 e. The van der Waals surface area contributed by atoms with E-state index in [9.17, 15) is 0 Å². The van der Waals surface area contributed by atoms with Gasteiger partial charge in [0, 0.05) is 33.9 Å². The number of nitrogens with one attached hydrogen (secondary N) is 1. The molecular weight excluding hydrogens is 645 g/mol. The smallest absolute Gasteiger partial charge is 0.132 e. The van der Waals surface area contributed by atoms with Gasteiger partial charge in [-0.05, 0) is 94.1 Å². The number of ether oxygens (including phenoxy) is 1. The molecule has 1 spiro atoms. The predicted molar refractivity (Wildman–Crippen MR) is 214 cm³/mol. The zero-order valence-corrected chi connectivity index (χ0v) is 29.2. The number of fused-ring (bicyclic) bond motifs is 16. The SMILES string of the molecule is C1=CC2=C(CC1)N1c3cc(C4C=CC(c5ccc6c(c5)C5(c7ccccc7O6)c6ccccc6-c6ccccc65)=CC4)ccc3-c3ccccc3C1N2. The topological polar surface area (TPSA) is 24.5 Å². The number of allylic oxidation sites excluding steroid dienone is 7. The second-order valence-electron chi connectivity index (χ2n) is 15.1. The molecule has 0 aromatic heterocycles. The molecular formula is C50H36N2O. The Labute approximate surface area is 309 Å². The Morgan fingerprint density at radius 3 is 2.19 bits per heavy atom. The average Bonchev–Trinajstić information content (AvgIpc) is 3.76. The minimum atomic E-state index is -0.456. The molecule has 2 unspecified atom stereocenters. The summed E-state index contributed by atoms with van der Waals surface area (Å²) in [6.07, 6.45) is 15.0. The molecule has 2 atom stereocenters. The summed E-state index contributed by atoms with van der Waals surface area (Å²) < 4.78 is 6.69. The number of hydrogen-bond acceptors (Lipinski definition) is 3. The lowest BCUT2D eigenvalue weighted by Crippen LogP contribution is -2.32. The second kappa shape index (κ2) is 10.8. The molecule has 0 saturated carbocycles. The van der Waals surface area contributed by atoms with Crippen LogP contribution in [0, 0.1) is 0 Å². The molecule has 3 nitrogen and oxygen atoms in total. The van der Waals surface area contributed by atoms with Crippen molar-refractivity contribution in [2.75, 3.05) is 4.90 Å². The van der Waals surface area contributed by atoms with Crippen LogP contribution in [0.2, 0.25) is 0 Å². The molecule has 3 heteroatoms. The van der Waals surface area contributed by atoms with Gasteiger partial charge in [-0.3, -0.25) is 0 Å². The maximum Gasteiger partial charge on any atom is 0.132 e. The highest BCUT2D eigenvalue weighted by Gasteiger charge is 2.51. The van der Waals surface area contributed by atoms with Gasteiger partial charge in [0.05, 0.1) is 16.8 Å². The molecule has 1 N–H and O–H groups in total. The van der Waals surface area contributed by atoms with Crippen molar-refractivity contribution in [2.45, 2.75) is 36.8 Å². The van der Waals surface area contributed by atoms with E-state index >= 15 is 0 Å². The van der Waals surface area contributed by atoms with Gasteiger partial charge in [0.15, 0.2) is 0 Å². The molecule has 12 rings (SSSR count). The molecule has 6 aromatic carbocycles. The first-order valence-electron chi connectivity index (χ1n) is 19.0. The molecule has 0 bridgehead atoms. The van der Waals surface area contributed by atoms with Crippen LogP contribution in [0.15, 0.2) is 175 Å². The molecule has 6 aliphatic rings. The van der Waals surface area contributed by atoms with Gasteiger partial charge in [0.1, 0.15) is 17.7 Å². The van der Waals surface area contributed by atoms with E-state index in [1.165, 1.54) is 83.9 Å². The first-order chi connectivity index (χ1) is 26.3. The summed E-state index contributed by atoms with van der Waals surface area (Å²) in [6.45, 7) is 0. The molecule has 53 heavy (non-hydrogen) atoms. The number of nitrogens with zero attached hydrogens (tertiary/aromatic N) is 1. The van der Waals surface area contributed by atoms with Gasteiger partial charge in [-0.1, -0.05) is 133 Å². The number of hydrogen-bond donors (Lipinski definition) is 1. The predicted octanol–water partition coefficient (Wildman–Crippen LogP) is 11.9. The zero-order chi connectivity index (χ0) is 34.7. The number of benzene rings is 6. The zero-order valence-electron chi connectivity index (χ0n) is 29.2. The van der Waals surface area contributed by atoms with Crippen LogP contribution in [-0.4, -0.2) is 0 Å². The molecule has 0 radical (unpaired) electrons. The van der Waals surface area contributed by atoms with Crippen LogP contribution in [0.3, 0.4) is 0 Å². The van der Waals surface area contributed by atoms with E-state index in [1.54, 1.807) is 0 Å². The Hall–Kier alpha value is -6.32. The fourth-order valence-electron chi connectivity index (χ4n) is 10.2. The first kappa shape index (κ1) is 29.3. The van der Waals surface area contributed by atoms with Gasteiger partial charge in [0.25, 0.3) is 0 Å². The first-order valence-corrected chi connectivity index (χ1v) is 19.0. The van der Waals surface area contributed by atoms with Gasteiger partial charge in [0.2, 0.25) is 0 Å². The molecule has 3 heterocycles. The molecule has 0 fully saturated rings. The highest BCUT2D eigenvalue weighted by Crippen LogP contribution is 2.62. The standard InChI is InChI=1S/C50H36N2O/c1-2-14-39-35(11-1)38-27-25-34(30-46(38)52-45-19-9-8-18-44(45)51-49(39)52)32-23-21-31(22-24-32)33-26-28-48-43(29-33)50(42-17-7-10-20-47(42)53-48)40-15-5-3-12-36(40)37-13-4-6-16-41(37)50/h1-8,10-18,20-23,25-30,32,49,51H,9,19,24H2. The summed E-state index contributed by atoms with van der Waals surface area (Å²) in [7, 11) is 0. The third kappa shape index (κ3) is 3.94. The van der Waals surface area contributed by atoms with E-state index < -0.39 is 5.41 Å². The van der Waals surface area contributed by atoms with Crippen molar-refractivity contribution in [3.05, 3.63) is 214 Å². The molecule has 0 amide bonds. The number of para-hydroxylation sites is 1. The monoisotopic (exact) mass is 680 g/mol. The Kier molecular flexibility index (Phi) is 5.99. The summed E-state index contributed by atoms with van der Waals surface area (Å²) in [4.78, 5) is 2.58. The van der Waals surface area contributed by atoms with Crippen LogP contribution in [0.4, 0.5) is 5.69 Å². The molecule has 0 saturated heterocycles.